The lowest BCUT2D eigenvalue weighted by molar-refractivity contribution is 0.241. The average Bonchev–Trinajstić information content (AvgIpc) is 2.15. The third kappa shape index (κ3) is 1.70. The van der Waals surface area contributed by atoms with E-state index in [0.717, 1.165) is 11.0 Å². The van der Waals surface area contributed by atoms with Crippen LogP contribution in [0, 0.1) is 0 Å². The fraction of sp³-hybridized carbons (Fsp3) is 0.429. The Hall–Kier alpha value is -1.92. The monoisotopic (exact) mass is 198 g/mol. The number of carbonyl (C=O) groups excluding carboxylic acids is 1. The van der Waals surface area contributed by atoms with E-state index >= 15 is 0 Å². The normalized spacial score (nSPS) is 9.86. The maximum atomic E-state index is 11.2. The minimum atomic E-state index is -0.909. The van der Waals surface area contributed by atoms with Crippen LogP contribution < -0.4 is 16.4 Å². The number of aryl methyl sites for hydroxylation is 1. The summed E-state index contributed by atoms with van der Waals surface area (Å²) >= 11 is 0. The minimum absolute atomic E-state index is 0.375. The van der Waals surface area contributed by atoms with Crippen LogP contribution in [-0.4, -0.2) is 26.9 Å². The first-order chi connectivity index (χ1) is 6.57. The molecule has 0 aromatic carbocycles. The van der Waals surface area contributed by atoms with Gasteiger partial charge in [0, 0.05) is 13.6 Å². The van der Waals surface area contributed by atoms with Gasteiger partial charge in [0.05, 0.1) is 0 Å². The second-order valence-electron chi connectivity index (χ2n) is 2.57. The van der Waals surface area contributed by atoms with Gasteiger partial charge in [-0.1, -0.05) is 0 Å². The quantitative estimate of drug-likeness (QED) is 0.557. The van der Waals surface area contributed by atoms with Crippen molar-refractivity contribution in [3.63, 3.8) is 0 Å². The van der Waals surface area contributed by atoms with Gasteiger partial charge in [0.1, 0.15) is 6.33 Å². The number of hydrogen-bond donors (Lipinski definition) is 1. The first-order valence-corrected chi connectivity index (χ1v) is 4.01. The zero-order chi connectivity index (χ0) is 10.7. The van der Waals surface area contributed by atoms with Crippen LogP contribution in [0.3, 0.4) is 0 Å². The van der Waals surface area contributed by atoms with Gasteiger partial charge in [-0.3, -0.25) is 9.59 Å². The summed E-state index contributed by atoms with van der Waals surface area (Å²) in [6.07, 6.45) is 1.01. The van der Waals surface area contributed by atoms with E-state index in [1.165, 1.54) is 7.05 Å². The molecule has 0 saturated heterocycles. The summed E-state index contributed by atoms with van der Waals surface area (Å²) in [6.45, 7) is 2.08. The largest absolute Gasteiger partial charge is 0.338 e. The van der Waals surface area contributed by atoms with Crippen LogP contribution in [0.15, 0.2) is 15.9 Å². The van der Waals surface area contributed by atoms with Crippen molar-refractivity contribution in [2.24, 2.45) is 7.05 Å². The molecule has 0 aliphatic carbocycles. The highest BCUT2D eigenvalue weighted by Gasteiger charge is 2.09. The highest BCUT2D eigenvalue weighted by Crippen LogP contribution is 1.73. The van der Waals surface area contributed by atoms with Crippen LogP contribution in [0.2, 0.25) is 0 Å². The summed E-state index contributed by atoms with van der Waals surface area (Å²) in [4.78, 5) is 33.5. The Labute approximate surface area is 79.0 Å². The Morgan fingerprint density at radius 2 is 2.14 bits per heavy atom. The summed E-state index contributed by atoms with van der Waals surface area (Å²) in [7, 11) is 1.34. The number of aromatic nitrogens is 3. The molecule has 0 saturated carbocycles. The van der Waals surface area contributed by atoms with E-state index in [1.54, 1.807) is 6.92 Å². The van der Waals surface area contributed by atoms with Gasteiger partial charge < -0.3 is 5.32 Å². The van der Waals surface area contributed by atoms with Crippen LogP contribution in [0.4, 0.5) is 4.79 Å². The standard InChI is InChI=1S/C7H10N4O3/c1-3-8-7(14)11-4-9-10(2)5(12)6(11)13/h4H,3H2,1-2H3,(H,8,14). The van der Waals surface area contributed by atoms with Crippen molar-refractivity contribution >= 4 is 6.03 Å². The predicted octanol–water partition coefficient (Wildman–Crippen LogP) is -1.48. The van der Waals surface area contributed by atoms with E-state index in [9.17, 15) is 14.4 Å². The fourth-order valence-corrected chi connectivity index (χ4v) is 0.856. The summed E-state index contributed by atoms with van der Waals surface area (Å²) in [5.41, 5.74) is -1.74. The molecule has 1 heterocycles. The Bertz CT molecular complexity index is 459. The average molecular weight is 198 g/mol. The molecule has 1 aromatic rings. The Balaban J connectivity index is 3.25. The molecule has 1 N–H and O–H groups in total. The van der Waals surface area contributed by atoms with E-state index in [4.69, 9.17) is 0 Å². The Kier molecular flexibility index (Phi) is 2.80. The second-order valence-corrected chi connectivity index (χ2v) is 2.57. The Morgan fingerprint density at radius 3 is 2.71 bits per heavy atom. The van der Waals surface area contributed by atoms with Crippen LogP contribution in [0.1, 0.15) is 6.92 Å². The molecule has 1 aromatic heterocycles. The lowest BCUT2D eigenvalue weighted by Crippen LogP contribution is -2.46. The van der Waals surface area contributed by atoms with E-state index in [0.29, 0.717) is 11.1 Å². The molecule has 7 heteroatoms. The molecule has 0 spiro atoms. The first kappa shape index (κ1) is 10.2. The van der Waals surface area contributed by atoms with Gasteiger partial charge in [0.15, 0.2) is 0 Å². The highest BCUT2D eigenvalue weighted by atomic mass is 16.2. The number of nitrogens with one attached hydrogen (secondary N) is 1. The fourth-order valence-electron chi connectivity index (χ4n) is 0.856. The zero-order valence-electron chi connectivity index (χ0n) is 7.85. The highest BCUT2D eigenvalue weighted by molar-refractivity contribution is 5.76. The zero-order valence-corrected chi connectivity index (χ0v) is 7.85. The Morgan fingerprint density at radius 1 is 1.50 bits per heavy atom. The first-order valence-electron chi connectivity index (χ1n) is 4.01. The predicted molar refractivity (Wildman–Crippen MR) is 48.2 cm³/mol. The maximum Gasteiger partial charge on any atom is 0.332 e. The summed E-state index contributed by atoms with van der Waals surface area (Å²) in [6, 6.07) is -0.650. The number of carbonyl (C=O) groups is 1. The molecule has 1 rings (SSSR count). The summed E-state index contributed by atoms with van der Waals surface area (Å²) in [5, 5.41) is 5.93. The van der Waals surface area contributed by atoms with Crippen LogP contribution in [0.25, 0.3) is 0 Å². The summed E-state index contributed by atoms with van der Waals surface area (Å²) < 4.78 is 1.52. The molecule has 14 heavy (non-hydrogen) atoms. The lowest BCUT2D eigenvalue weighted by atomic mass is 10.7. The summed E-state index contributed by atoms with van der Waals surface area (Å²) in [5.74, 6) is 0. The van der Waals surface area contributed by atoms with Gasteiger partial charge in [-0.25, -0.2) is 14.0 Å². The molecular weight excluding hydrogens is 188 g/mol. The van der Waals surface area contributed by atoms with E-state index in [2.05, 4.69) is 10.4 Å². The molecule has 76 valence electrons. The molecule has 0 aliphatic rings. The molecule has 0 atom stereocenters. The van der Waals surface area contributed by atoms with Crippen molar-refractivity contribution in [3.8, 4) is 0 Å². The number of amides is 1. The SMILES string of the molecule is CCNC(=O)n1cnn(C)c(=O)c1=O. The number of hydrogen-bond acceptors (Lipinski definition) is 4. The lowest BCUT2D eigenvalue weighted by Gasteiger charge is -2.03. The molecule has 0 bridgehead atoms. The van der Waals surface area contributed by atoms with Gasteiger partial charge in [0.25, 0.3) is 0 Å². The molecule has 0 aliphatic heterocycles. The third-order valence-electron chi connectivity index (χ3n) is 1.58. The van der Waals surface area contributed by atoms with Gasteiger partial charge in [-0.15, -0.1) is 0 Å². The van der Waals surface area contributed by atoms with Crippen LogP contribution in [0.5, 0.6) is 0 Å². The molecular formula is C7H10N4O3. The van der Waals surface area contributed by atoms with Crippen molar-refractivity contribution in [1.29, 1.82) is 0 Å². The van der Waals surface area contributed by atoms with Crippen molar-refractivity contribution in [1.82, 2.24) is 19.7 Å². The maximum absolute atomic E-state index is 11.2. The molecule has 1 amide bonds. The van der Waals surface area contributed by atoms with E-state index in [1.807, 2.05) is 0 Å². The molecule has 0 fully saturated rings. The van der Waals surface area contributed by atoms with E-state index in [-0.39, 0.29) is 0 Å². The third-order valence-corrected chi connectivity index (χ3v) is 1.58. The number of rotatable bonds is 1. The van der Waals surface area contributed by atoms with Gasteiger partial charge in [-0.2, -0.15) is 5.10 Å². The van der Waals surface area contributed by atoms with E-state index < -0.39 is 17.1 Å². The molecule has 0 radical (unpaired) electrons. The number of nitrogens with zero attached hydrogens (tertiary/aromatic N) is 3. The van der Waals surface area contributed by atoms with Crippen LogP contribution in [-0.2, 0) is 7.05 Å². The second kappa shape index (κ2) is 3.86. The van der Waals surface area contributed by atoms with Gasteiger partial charge >= 0.3 is 17.1 Å². The van der Waals surface area contributed by atoms with Crippen LogP contribution >= 0.6 is 0 Å². The molecule has 7 nitrogen and oxygen atoms in total. The van der Waals surface area contributed by atoms with Crippen molar-refractivity contribution in [2.75, 3.05) is 6.54 Å². The smallest absolute Gasteiger partial charge is 0.332 e. The topological polar surface area (TPSA) is 86.0 Å². The van der Waals surface area contributed by atoms with Crippen molar-refractivity contribution < 1.29 is 4.79 Å². The van der Waals surface area contributed by atoms with Gasteiger partial charge in [0.2, 0.25) is 0 Å². The molecule has 0 unspecified atom stereocenters. The van der Waals surface area contributed by atoms with Gasteiger partial charge in [-0.05, 0) is 6.92 Å². The minimum Gasteiger partial charge on any atom is -0.338 e. The van der Waals surface area contributed by atoms with Crippen molar-refractivity contribution in [3.05, 3.63) is 27.0 Å². The van der Waals surface area contributed by atoms with Crippen molar-refractivity contribution in [2.45, 2.75) is 6.92 Å².